The first-order valence-electron chi connectivity index (χ1n) is 12.2. The first-order chi connectivity index (χ1) is 17.5. The smallest absolute Gasteiger partial charge is 0.231 e. The molecular weight excluding hydrogens is 477 g/mol. The fourth-order valence-electron chi connectivity index (χ4n) is 4.89. The van der Waals surface area contributed by atoms with Gasteiger partial charge in [-0.2, -0.15) is 4.98 Å². The molecule has 184 valence electrons. The second kappa shape index (κ2) is 10.6. The SMILES string of the molecule is O=C(CCc1ccc(F)cc1)N1CCC(c2ccccc2)(c2noc(Cc3ccc(Cl)cc3)n2)CC1. The number of amides is 1. The maximum Gasteiger partial charge on any atom is 0.231 e. The average Bonchev–Trinajstić information content (AvgIpc) is 3.39. The second-order valence-corrected chi connectivity index (χ2v) is 9.71. The van der Waals surface area contributed by atoms with Gasteiger partial charge >= 0.3 is 0 Å². The summed E-state index contributed by atoms with van der Waals surface area (Å²) in [5.74, 6) is 1.06. The minimum Gasteiger partial charge on any atom is -0.343 e. The van der Waals surface area contributed by atoms with Crippen LogP contribution in [-0.4, -0.2) is 34.0 Å². The highest BCUT2D eigenvalue weighted by atomic mass is 35.5. The highest BCUT2D eigenvalue weighted by Gasteiger charge is 2.42. The van der Waals surface area contributed by atoms with E-state index in [9.17, 15) is 9.18 Å². The molecule has 0 unspecified atom stereocenters. The Hall–Kier alpha value is -3.51. The Labute approximate surface area is 214 Å². The summed E-state index contributed by atoms with van der Waals surface area (Å²) in [5, 5.41) is 5.10. The van der Waals surface area contributed by atoms with Crippen molar-refractivity contribution >= 4 is 17.5 Å². The molecule has 5 nitrogen and oxygen atoms in total. The molecule has 2 heterocycles. The van der Waals surface area contributed by atoms with E-state index in [0.29, 0.717) is 61.9 Å². The molecule has 4 aromatic rings. The summed E-state index contributed by atoms with van der Waals surface area (Å²) in [4.78, 5) is 19.7. The number of hydrogen-bond acceptors (Lipinski definition) is 4. The Bertz CT molecular complexity index is 1300. The van der Waals surface area contributed by atoms with Crippen LogP contribution in [0.2, 0.25) is 5.02 Å². The number of hydrogen-bond donors (Lipinski definition) is 0. The number of piperidine rings is 1. The largest absolute Gasteiger partial charge is 0.343 e. The molecule has 36 heavy (non-hydrogen) atoms. The van der Waals surface area contributed by atoms with Crippen LogP contribution in [0.4, 0.5) is 4.39 Å². The summed E-state index contributed by atoms with van der Waals surface area (Å²) in [6, 6.07) is 24.2. The Kier molecular flexibility index (Phi) is 7.14. The van der Waals surface area contributed by atoms with Gasteiger partial charge in [-0.15, -0.1) is 0 Å². The summed E-state index contributed by atoms with van der Waals surface area (Å²) in [6.07, 6.45) is 2.94. The summed E-state index contributed by atoms with van der Waals surface area (Å²) < 4.78 is 18.8. The number of halogens is 2. The molecule has 1 aliphatic heterocycles. The molecule has 5 rings (SSSR count). The Morgan fingerprint density at radius 2 is 1.61 bits per heavy atom. The minimum absolute atomic E-state index is 0.109. The molecule has 0 saturated carbocycles. The van der Waals surface area contributed by atoms with Crippen molar-refractivity contribution in [1.29, 1.82) is 0 Å². The van der Waals surface area contributed by atoms with Crippen molar-refractivity contribution in [1.82, 2.24) is 15.0 Å². The van der Waals surface area contributed by atoms with Crippen LogP contribution in [0.3, 0.4) is 0 Å². The minimum atomic E-state index is -0.420. The molecule has 7 heteroatoms. The first kappa shape index (κ1) is 24.2. The van der Waals surface area contributed by atoms with Crippen LogP contribution in [0.5, 0.6) is 0 Å². The molecule has 0 radical (unpaired) electrons. The normalized spacial score (nSPS) is 15.1. The predicted molar refractivity (Wildman–Crippen MR) is 136 cm³/mol. The van der Waals surface area contributed by atoms with Gasteiger partial charge < -0.3 is 9.42 Å². The molecule has 0 spiro atoms. The number of carbonyl (C=O) groups excluding carboxylic acids is 1. The summed E-state index contributed by atoms with van der Waals surface area (Å²) >= 11 is 6.00. The molecule has 1 fully saturated rings. The number of likely N-dealkylation sites (tertiary alicyclic amines) is 1. The van der Waals surface area contributed by atoms with Crippen molar-refractivity contribution in [2.45, 2.75) is 37.5 Å². The number of benzene rings is 3. The summed E-state index contributed by atoms with van der Waals surface area (Å²) in [6.45, 7) is 1.22. The lowest BCUT2D eigenvalue weighted by molar-refractivity contribution is -0.132. The van der Waals surface area contributed by atoms with Crippen LogP contribution in [-0.2, 0) is 23.1 Å². The van der Waals surface area contributed by atoms with Gasteiger partial charge in [-0.3, -0.25) is 4.79 Å². The zero-order valence-electron chi connectivity index (χ0n) is 19.9. The third-order valence-corrected chi connectivity index (χ3v) is 7.25. The molecule has 1 aliphatic rings. The highest BCUT2D eigenvalue weighted by molar-refractivity contribution is 6.30. The van der Waals surface area contributed by atoms with E-state index < -0.39 is 5.41 Å². The van der Waals surface area contributed by atoms with Gasteiger partial charge in [0.1, 0.15) is 5.82 Å². The number of rotatable bonds is 7. The van der Waals surface area contributed by atoms with Gasteiger partial charge in [-0.1, -0.05) is 71.4 Å². The molecule has 1 aromatic heterocycles. The molecule has 0 N–H and O–H groups in total. The Balaban J connectivity index is 1.30. The first-order valence-corrected chi connectivity index (χ1v) is 12.5. The van der Waals surface area contributed by atoms with E-state index in [1.807, 2.05) is 47.4 Å². The lowest BCUT2D eigenvalue weighted by Gasteiger charge is -2.40. The standard InChI is InChI=1S/C29H27ClFN3O2/c30-24-11-6-22(7-12-24)20-26-32-28(33-36-26)29(23-4-2-1-3-5-23)16-18-34(19-17-29)27(35)15-10-21-8-13-25(31)14-9-21/h1-9,11-14H,10,15-20H2. The molecule has 1 amide bonds. The van der Waals surface area contributed by atoms with E-state index in [-0.39, 0.29) is 11.7 Å². The van der Waals surface area contributed by atoms with E-state index >= 15 is 0 Å². The maximum atomic E-state index is 13.2. The average molecular weight is 504 g/mol. The van der Waals surface area contributed by atoms with Gasteiger partial charge in [-0.05, 0) is 60.2 Å². The molecule has 3 aromatic carbocycles. The lowest BCUT2D eigenvalue weighted by Crippen LogP contribution is -2.46. The van der Waals surface area contributed by atoms with E-state index in [0.717, 1.165) is 16.7 Å². The van der Waals surface area contributed by atoms with Gasteiger partial charge in [0.25, 0.3) is 0 Å². The number of nitrogens with zero attached hydrogens (tertiary/aromatic N) is 3. The second-order valence-electron chi connectivity index (χ2n) is 9.27. The van der Waals surface area contributed by atoms with Gasteiger partial charge in [0, 0.05) is 24.5 Å². The van der Waals surface area contributed by atoms with E-state index in [1.54, 1.807) is 12.1 Å². The van der Waals surface area contributed by atoms with Crippen LogP contribution in [0, 0.1) is 5.82 Å². The predicted octanol–water partition coefficient (Wildman–Crippen LogP) is 5.99. The van der Waals surface area contributed by atoms with E-state index in [2.05, 4.69) is 17.3 Å². The zero-order chi connectivity index (χ0) is 25.0. The maximum absolute atomic E-state index is 13.2. The molecule has 0 atom stereocenters. The topological polar surface area (TPSA) is 59.2 Å². The van der Waals surface area contributed by atoms with E-state index in [4.69, 9.17) is 21.1 Å². The van der Waals surface area contributed by atoms with Crippen molar-refractivity contribution < 1.29 is 13.7 Å². The highest BCUT2D eigenvalue weighted by Crippen LogP contribution is 2.40. The third-order valence-electron chi connectivity index (χ3n) is 7.00. The van der Waals surface area contributed by atoms with E-state index in [1.165, 1.54) is 12.1 Å². The number of carbonyl (C=O) groups is 1. The van der Waals surface area contributed by atoms with Crippen molar-refractivity contribution in [2.75, 3.05) is 13.1 Å². The van der Waals surface area contributed by atoms with Gasteiger partial charge in [0.05, 0.1) is 11.8 Å². The van der Waals surface area contributed by atoms with Crippen molar-refractivity contribution in [3.05, 3.63) is 118 Å². The third kappa shape index (κ3) is 5.34. The lowest BCUT2D eigenvalue weighted by atomic mass is 9.72. The summed E-state index contributed by atoms with van der Waals surface area (Å²) in [7, 11) is 0. The van der Waals surface area contributed by atoms with Crippen molar-refractivity contribution in [3.63, 3.8) is 0 Å². The fourth-order valence-corrected chi connectivity index (χ4v) is 5.02. The Morgan fingerprint density at radius 3 is 2.31 bits per heavy atom. The molecule has 0 aliphatic carbocycles. The Morgan fingerprint density at radius 1 is 0.944 bits per heavy atom. The van der Waals surface area contributed by atoms with Gasteiger partial charge in [0.15, 0.2) is 5.82 Å². The molecular formula is C29H27ClFN3O2. The molecule has 0 bridgehead atoms. The zero-order valence-corrected chi connectivity index (χ0v) is 20.6. The van der Waals surface area contributed by atoms with Gasteiger partial charge in [-0.25, -0.2) is 4.39 Å². The monoisotopic (exact) mass is 503 g/mol. The van der Waals surface area contributed by atoms with Crippen LogP contribution in [0.15, 0.2) is 83.4 Å². The van der Waals surface area contributed by atoms with Gasteiger partial charge in [0.2, 0.25) is 11.8 Å². The number of aryl methyl sites for hydroxylation is 1. The van der Waals surface area contributed by atoms with Crippen LogP contribution >= 0.6 is 11.6 Å². The number of aromatic nitrogens is 2. The quantitative estimate of drug-likeness (QED) is 0.310. The van der Waals surface area contributed by atoms with Crippen molar-refractivity contribution in [3.8, 4) is 0 Å². The van der Waals surface area contributed by atoms with Crippen LogP contribution in [0.1, 0.15) is 47.7 Å². The van der Waals surface area contributed by atoms with Crippen molar-refractivity contribution in [2.24, 2.45) is 0 Å². The van der Waals surface area contributed by atoms with Crippen LogP contribution in [0.25, 0.3) is 0 Å². The van der Waals surface area contributed by atoms with Crippen LogP contribution < -0.4 is 0 Å². The summed E-state index contributed by atoms with van der Waals surface area (Å²) in [5.41, 5.74) is 2.71. The molecule has 1 saturated heterocycles. The fraction of sp³-hybridized carbons (Fsp3) is 0.276.